The highest BCUT2D eigenvalue weighted by atomic mass is 16.7. The molecule has 6 nitrogen and oxygen atoms in total. The first-order chi connectivity index (χ1) is 10.8. The molecule has 4 aliphatic rings. The second-order valence-corrected chi connectivity index (χ2v) is 7.77. The monoisotopic (exact) mass is 324 g/mol. The Morgan fingerprint density at radius 2 is 2.22 bits per heavy atom. The largest absolute Gasteiger partial charge is 0.460 e. The number of rotatable bonds is 2. The van der Waals surface area contributed by atoms with Gasteiger partial charge in [0.1, 0.15) is 17.8 Å². The quantitative estimate of drug-likeness (QED) is 0.438. The molecular formula is C17H24O6. The second-order valence-electron chi connectivity index (χ2n) is 7.77. The van der Waals surface area contributed by atoms with E-state index in [1.165, 1.54) is 6.92 Å². The van der Waals surface area contributed by atoms with Crippen molar-refractivity contribution in [3.05, 3.63) is 11.6 Å². The van der Waals surface area contributed by atoms with E-state index in [9.17, 15) is 15.0 Å². The van der Waals surface area contributed by atoms with Crippen molar-refractivity contribution < 1.29 is 29.2 Å². The molecule has 0 amide bonds. The fourth-order valence-corrected chi connectivity index (χ4v) is 5.48. The molecular weight excluding hydrogens is 300 g/mol. The maximum atomic E-state index is 11.5. The van der Waals surface area contributed by atoms with Gasteiger partial charge in [0.05, 0.1) is 30.8 Å². The Balaban J connectivity index is 1.84. The van der Waals surface area contributed by atoms with Crippen LogP contribution in [0.5, 0.6) is 0 Å². The lowest BCUT2D eigenvalue weighted by molar-refractivity contribution is -0.249. The van der Waals surface area contributed by atoms with Gasteiger partial charge in [-0.25, -0.2) is 0 Å². The van der Waals surface area contributed by atoms with Gasteiger partial charge in [0, 0.05) is 12.3 Å². The average Bonchev–Trinajstić information content (AvgIpc) is 3.21. The van der Waals surface area contributed by atoms with E-state index in [-0.39, 0.29) is 18.7 Å². The lowest BCUT2D eigenvalue weighted by Gasteiger charge is -2.58. The first-order valence-electron chi connectivity index (χ1n) is 8.23. The minimum absolute atomic E-state index is 0.191. The molecule has 1 saturated carbocycles. The van der Waals surface area contributed by atoms with Crippen LogP contribution in [0.2, 0.25) is 0 Å². The zero-order valence-electron chi connectivity index (χ0n) is 13.7. The lowest BCUT2D eigenvalue weighted by atomic mass is 9.51. The molecule has 2 aliphatic heterocycles. The molecule has 2 heterocycles. The minimum atomic E-state index is -0.839. The summed E-state index contributed by atoms with van der Waals surface area (Å²) in [5.74, 6) is -0.348. The number of esters is 1. The van der Waals surface area contributed by atoms with Crippen LogP contribution in [0.1, 0.15) is 33.6 Å². The number of aliphatic hydroxyl groups excluding tert-OH is 2. The van der Waals surface area contributed by atoms with Gasteiger partial charge >= 0.3 is 5.97 Å². The molecule has 7 atom stereocenters. The molecule has 2 saturated heterocycles. The lowest BCUT2D eigenvalue weighted by Crippen LogP contribution is -2.68. The number of carbonyl (C=O) groups excluding carboxylic acids is 1. The Bertz CT molecular complexity index is 582. The summed E-state index contributed by atoms with van der Waals surface area (Å²) in [5, 5.41) is 21.2. The third-order valence-corrected chi connectivity index (χ3v) is 6.75. The summed E-state index contributed by atoms with van der Waals surface area (Å²) in [5.41, 5.74) is -0.883. The van der Waals surface area contributed by atoms with Crippen LogP contribution in [0.4, 0.5) is 0 Å². The number of hydrogen-bond donors (Lipinski definition) is 2. The van der Waals surface area contributed by atoms with E-state index >= 15 is 0 Å². The molecule has 128 valence electrons. The van der Waals surface area contributed by atoms with Crippen LogP contribution in [0.15, 0.2) is 11.6 Å². The summed E-state index contributed by atoms with van der Waals surface area (Å²) < 4.78 is 17.6. The van der Waals surface area contributed by atoms with Crippen molar-refractivity contribution in [1.29, 1.82) is 0 Å². The molecule has 2 N–H and O–H groups in total. The van der Waals surface area contributed by atoms with E-state index in [4.69, 9.17) is 14.2 Å². The van der Waals surface area contributed by atoms with Crippen molar-refractivity contribution >= 4 is 5.97 Å². The molecule has 1 spiro atoms. The maximum absolute atomic E-state index is 11.5. The van der Waals surface area contributed by atoms with Gasteiger partial charge < -0.3 is 24.4 Å². The van der Waals surface area contributed by atoms with Crippen molar-refractivity contribution in [3.63, 3.8) is 0 Å². The van der Waals surface area contributed by atoms with Gasteiger partial charge in [0.25, 0.3) is 0 Å². The zero-order valence-corrected chi connectivity index (χ0v) is 13.7. The molecule has 0 aromatic rings. The molecule has 2 bridgehead atoms. The predicted octanol–water partition coefficient (Wildman–Crippen LogP) is 0.554. The average molecular weight is 324 g/mol. The number of epoxide rings is 1. The number of hydrogen-bond acceptors (Lipinski definition) is 6. The Hall–Kier alpha value is -0.950. The Morgan fingerprint density at radius 1 is 1.52 bits per heavy atom. The van der Waals surface area contributed by atoms with Gasteiger partial charge in [-0.3, -0.25) is 4.79 Å². The Morgan fingerprint density at radius 3 is 2.78 bits per heavy atom. The van der Waals surface area contributed by atoms with Crippen molar-refractivity contribution in [3.8, 4) is 0 Å². The molecule has 3 fully saturated rings. The van der Waals surface area contributed by atoms with Crippen LogP contribution >= 0.6 is 0 Å². The van der Waals surface area contributed by atoms with E-state index in [2.05, 4.69) is 0 Å². The van der Waals surface area contributed by atoms with E-state index in [1.807, 2.05) is 19.9 Å². The molecule has 0 aromatic carbocycles. The number of fused-ring (bicyclic) bond motifs is 2. The first-order valence-corrected chi connectivity index (χ1v) is 8.23. The first kappa shape index (κ1) is 15.6. The summed E-state index contributed by atoms with van der Waals surface area (Å²) in [7, 11) is 0. The van der Waals surface area contributed by atoms with Crippen LogP contribution in [0.25, 0.3) is 0 Å². The Labute approximate surface area is 135 Å². The smallest absolute Gasteiger partial charge is 0.302 e. The highest BCUT2D eigenvalue weighted by Gasteiger charge is 2.83. The van der Waals surface area contributed by atoms with Crippen LogP contribution < -0.4 is 0 Å². The number of carbonyl (C=O) groups is 1. The molecule has 2 aliphatic carbocycles. The fourth-order valence-electron chi connectivity index (χ4n) is 5.48. The summed E-state index contributed by atoms with van der Waals surface area (Å²) in [6, 6.07) is 0. The van der Waals surface area contributed by atoms with Gasteiger partial charge in [0.2, 0.25) is 0 Å². The molecule has 23 heavy (non-hydrogen) atoms. The van der Waals surface area contributed by atoms with Gasteiger partial charge in [0.15, 0.2) is 0 Å². The highest BCUT2D eigenvalue weighted by molar-refractivity contribution is 5.66. The van der Waals surface area contributed by atoms with Crippen LogP contribution in [-0.2, 0) is 19.0 Å². The second kappa shape index (κ2) is 4.57. The molecule has 3 unspecified atom stereocenters. The van der Waals surface area contributed by atoms with E-state index < -0.39 is 34.7 Å². The van der Waals surface area contributed by atoms with Crippen molar-refractivity contribution in [1.82, 2.24) is 0 Å². The van der Waals surface area contributed by atoms with Gasteiger partial charge in [-0.15, -0.1) is 0 Å². The van der Waals surface area contributed by atoms with Crippen molar-refractivity contribution in [2.75, 3.05) is 13.2 Å². The van der Waals surface area contributed by atoms with E-state index in [0.29, 0.717) is 19.4 Å². The standard InChI is InChI=1S/C17H24O6/c1-9-4-12(20)16(7-18)13(5-9)23-14-11(22-10(2)19)6-15(16,3)17(14)8-21-17/h5,11-14,18,20H,4,6-8H2,1-3H3/t11-,12-,13?,14?,15-,16+,17?/m1/s1. The fraction of sp³-hybridized carbons (Fsp3) is 0.824. The molecule has 4 rings (SSSR count). The summed E-state index contributed by atoms with van der Waals surface area (Å²) in [4.78, 5) is 11.5. The summed E-state index contributed by atoms with van der Waals surface area (Å²) in [6.45, 7) is 5.71. The van der Waals surface area contributed by atoms with E-state index in [1.54, 1.807) is 0 Å². The number of ether oxygens (including phenoxy) is 3. The van der Waals surface area contributed by atoms with E-state index in [0.717, 1.165) is 5.57 Å². The maximum Gasteiger partial charge on any atom is 0.302 e. The number of aliphatic hydroxyl groups is 2. The van der Waals surface area contributed by atoms with Crippen LogP contribution in [0, 0.1) is 10.8 Å². The van der Waals surface area contributed by atoms with Gasteiger partial charge in [-0.2, -0.15) is 0 Å². The summed E-state index contributed by atoms with van der Waals surface area (Å²) >= 11 is 0. The van der Waals surface area contributed by atoms with Crippen LogP contribution in [0.3, 0.4) is 0 Å². The zero-order chi connectivity index (χ0) is 16.6. The molecule has 6 heteroatoms. The highest BCUT2D eigenvalue weighted by Crippen LogP contribution is 2.71. The van der Waals surface area contributed by atoms with Crippen LogP contribution in [-0.4, -0.2) is 59.4 Å². The Kier molecular flexibility index (Phi) is 3.09. The minimum Gasteiger partial charge on any atom is -0.460 e. The van der Waals surface area contributed by atoms with Gasteiger partial charge in [-0.05, 0) is 19.8 Å². The summed E-state index contributed by atoms with van der Waals surface area (Å²) in [6.07, 6.45) is 1.16. The van der Waals surface area contributed by atoms with Gasteiger partial charge in [-0.1, -0.05) is 18.6 Å². The molecule has 0 radical (unpaired) electrons. The van der Waals surface area contributed by atoms with Crippen molar-refractivity contribution in [2.45, 2.75) is 63.6 Å². The topological polar surface area (TPSA) is 88.5 Å². The third kappa shape index (κ3) is 1.65. The third-order valence-electron chi connectivity index (χ3n) is 6.75. The normalized spacial score (nSPS) is 53.7. The molecule has 0 aromatic heterocycles. The predicted molar refractivity (Wildman–Crippen MR) is 79.5 cm³/mol. The SMILES string of the molecule is CC(=O)O[C@@H]1C[C@@]2(C)C3(CO3)C1OC1C=C(C)C[C@@H](O)[C@@]12CO. The van der Waals surface area contributed by atoms with Crippen molar-refractivity contribution in [2.24, 2.45) is 10.8 Å².